The van der Waals surface area contributed by atoms with Crippen LogP contribution < -0.4 is 10.6 Å². The number of anilines is 1. The average Bonchev–Trinajstić information content (AvgIpc) is 3.26. The number of nitrogens with one attached hydrogen (secondary N) is 2. The second kappa shape index (κ2) is 7.30. The highest BCUT2D eigenvalue weighted by Gasteiger charge is 2.22. The highest BCUT2D eigenvalue weighted by atomic mass is 19.1. The molecule has 0 saturated carbocycles. The van der Waals surface area contributed by atoms with Crippen LogP contribution in [0.5, 0.6) is 0 Å². The maximum atomic E-state index is 14.1. The van der Waals surface area contributed by atoms with E-state index in [4.69, 9.17) is 0 Å². The van der Waals surface area contributed by atoms with Crippen molar-refractivity contribution >= 4 is 11.7 Å². The Kier molecular flexibility index (Phi) is 4.92. The molecular formula is C16H19FN8O. The van der Waals surface area contributed by atoms with Crippen molar-refractivity contribution in [1.29, 1.82) is 0 Å². The number of carbonyl (C=O) groups excluding carboxylic acids is 1. The molecule has 3 rings (SSSR count). The minimum absolute atomic E-state index is 0.0258. The summed E-state index contributed by atoms with van der Waals surface area (Å²) < 4.78 is 17.3. The number of benzene rings is 1. The van der Waals surface area contributed by atoms with E-state index in [1.807, 2.05) is 25.5 Å². The van der Waals surface area contributed by atoms with Gasteiger partial charge in [-0.1, -0.05) is 13.8 Å². The molecule has 2 N–H and O–H groups in total. The number of carbonyl (C=O) groups is 1. The van der Waals surface area contributed by atoms with E-state index in [-0.39, 0.29) is 17.6 Å². The number of nitrogens with zero attached hydrogens (tertiary/aromatic N) is 6. The van der Waals surface area contributed by atoms with Crippen molar-refractivity contribution in [3.05, 3.63) is 48.6 Å². The smallest absolute Gasteiger partial charge is 0.319 e. The Hall–Kier alpha value is -3.30. The molecule has 1 atom stereocenters. The van der Waals surface area contributed by atoms with Crippen molar-refractivity contribution in [2.24, 2.45) is 13.0 Å². The minimum atomic E-state index is -0.560. The average molecular weight is 358 g/mol. The lowest BCUT2D eigenvalue weighted by Crippen LogP contribution is -2.36. The van der Waals surface area contributed by atoms with Crippen molar-refractivity contribution in [3.63, 3.8) is 0 Å². The standard InChI is InChI=1S/C16H19FN8O/c1-10(2)14(15-18-6-7-24(15)3)21-16(26)20-13-8-11(4-5-12(13)17)25-9-19-22-23-25/h4-10,14H,1-3H3,(H2,20,21,26)/t14-/m1/s1. The summed E-state index contributed by atoms with van der Waals surface area (Å²) in [4.78, 5) is 16.7. The van der Waals surface area contributed by atoms with Crippen molar-refractivity contribution in [2.75, 3.05) is 5.32 Å². The third-order valence-corrected chi connectivity index (χ3v) is 3.90. The number of tetrazole rings is 1. The van der Waals surface area contributed by atoms with Crippen molar-refractivity contribution in [1.82, 2.24) is 35.1 Å². The Morgan fingerprint density at radius 1 is 1.31 bits per heavy atom. The molecule has 2 heterocycles. The molecule has 3 aromatic rings. The van der Waals surface area contributed by atoms with Gasteiger partial charge in [-0.3, -0.25) is 0 Å². The summed E-state index contributed by atoms with van der Waals surface area (Å²) in [6.07, 6.45) is 4.85. The molecule has 0 unspecified atom stereocenters. The Morgan fingerprint density at radius 3 is 2.73 bits per heavy atom. The van der Waals surface area contributed by atoms with Gasteiger partial charge in [-0.2, -0.15) is 0 Å². The number of urea groups is 1. The number of imidazole rings is 1. The number of rotatable bonds is 5. The number of halogens is 1. The predicted octanol–water partition coefficient (Wildman–Crippen LogP) is 2.05. The summed E-state index contributed by atoms with van der Waals surface area (Å²) in [5.41, 5.74) is 0.550. The summed E-state index contributed by atoms with van der Waals surface area (Å²) in [7, 11) is 1.85. The molecule has 0 aliphatic heterocycles. The topological polar surface area (TPSA) is 103 Å². The fraction of sp³-hybridized carbons (Fsp3) is 0.312. The minimum Gasteiger partial charge on any atom is -0.336 e. The maximum Gasteiger partial charge on any atom is 0.319 e. The van der Waals surface area contributed by atoms with E-state index in [1.165, 1.54) is 29.2 Å². The van der Waals surface area contributed by atoms with Crippen LogP contribution in [-0.4, -0.2) is 35.8 Å². The van der Waals surface area contributed by atoms with Gasteiger partial charge in [-0.15, -0.1) is 5.10 Å². The summed E-state index contributed by atoms with van der Waals surface area (Å²) in [5, 5.41) is 16.2. The molecule has 2 aromatic heterocycles. The van der Waals surface area contributed by atoms with Crippen LogP contribution in [0, 0.1) is 11.7 Å². The molecular weight excluding hydrogens is 339 g/mol. The van der Waals surface area contributed by atoms with Crippen molar-refractivity contribution in [3.8, 4) is 5.69 Å². The molecule has 10 heteroatoms. The van der Waals surface area contributed by atoms with Gasteiger partial charge in [0, 0.05) is 19.4 Å². The highest BCUT2D eigenvalue weighted by molar-refractivity contribution is 5.90. The summed E-state index contributed by atoms with van der Waals surface area (Å²) >= 11 is 0. The van der Waals surface area contributed by atoms with Gasteiger partial charge in [0.1, 0.15) is 18.0 Å². The van der Waals surface area contributed by atoms with Crippen LogP contribution in [0.4, 0.5) is 14.9 Å². The molecule has 0 saturated heterocycles. The molecule has 9 nitrogen and oxygen atoms in total. The Bertz CT molecular complexity index is 890. The second-order valence-electron chi connectivity index (χ2n) is 6.14. The summed E-state index contributed by atoms with van der Waals surface area (Å²) in [6.45, 7) is 3.94. The molecule has 0 spiro atoms. The van der Waals surface area contributed by atoms with E-state index in [1.54, 1.807) is 12.4 Å². The molecule has 136 valence electrons. The fourth-order valence-electron chi connectivity index (χ4n) is 2.54. The number of hydrogen-bond acceptors (Lipinski definition) is 5. The first-order valence-electron chi connectivity index (χ1n) is 8.03. The first-order valence-corrected chi connectivity index (χ1v) is 8.03. The summed E-state index contributed by atoms with van der Waals surface area (Å²) in [5.74, 6) is 0.257. The van der Waals surface area contributed by atoms with Crippen molar-refractivity contribution < 1.29 is 9.18 Å². The van der Waals surface area contributed by atoms with Crippen molar-refractivity contribution in [2.45, 2.75) is 19.9 Å². The van der Waals surface area contributed by atoms with Gasteiger partial charge in [0.15, 0.2) is 0 Å². The zero-order chi connectivity index (χ0) is 18.7. The highest BCUT2D eigenvalue weighted by Crippen LogP contribution is 2.21. The van der Waals surface area contributed by atoms with E-state index in [0.717, 1.165) is 5.82 Å². The van der Waals surface area contributed by atoms with Crippen LogP contribution in [0.15, 0.2) is 36.9 Å². The Morgan fingerprint density at radius 2 is 2.12 bits per heavy atom. The van der Waals surface area contributed by atoms with Gasteiger partial charge >= 0.3 is 6.03 Å². The molecule has 0 aliphatic carbocycles. The Balaban J connectivity index is 1.77. The second-order valence-corrected chi connectivity index (χ2v) is 6.14. The lowest BCUT2D eigenvalue weighted by atomic mass is 10.0. The van der Waals surface area contributed by atoms with Crippen LogP contribution >= 0.6 is 0 Å². The van der Waals surface area contributed by atoms with Gasteiger partial charge in [-0.25, -0.2) is 18.9 Å². The zero-order valence-electron chi connectivity index (χ0n) is 14.6. The summed E-state index contributed by atoms with van der Waals surface area (Å²) in [6, 6.07) is 3.36. The molecule has 0 radical (unpaired) electrons. The van der Waals surface area contributed by atoms with Crippen LogP contribution in [-0.2, 0) is 7.05 Å². The number of aryl methyl sites for hydroxylation is 1. The molecule has 0 aliphatic rings. The Labute approximate surface area is 149 Å². The van der Waals surface area contributed by atoms with Crippen LogP contribution in [0.3, 0.4) is 0 Å². The molecule has 2 amide bonds. The third kappa shape index (κ3) is 3.68. The van der Waals surface area contributed by atoms with Crippen LogP contribution in [0.25, 0.3) is 5.69 Å². The van der Waals surface area contributed by atoms with Gasteiger partial charge < -0.3 is 15.2 Å². The lowest BCUT2D eigenvalue weighted by molar-refractivity contribution is 0.243. The first-order chi connectivity index (χ1) is 12.5. The third-order valence-electron chi connectivity index (χ3n) is 3.90. The molecule has 26 heavy (non-hydrogen) atoms. The SMILES string of the molecule is CC(C)[C@@H](NC(=O)Nc1cc(-n2cnnn2)ccc1F)c1nccn1C. The van der Waals surface area contributed by atoms with E-state index in [0.29, 0.717) is 5.69 Å². The number of amides is 2. The zero-order valence-corrected chi connectivity index (χ0v) is 14.6. The quantitative estimate of drug-likeness (QED) is 0.727. The molecule has 0 bridgehead atoms. The fourth-order valence-corrected chi connectivity index (χ4v) is 2.54. The molecule has 1 aromatic carbocycles. The van der Waals surface area contributed by atoms with Gasteiger partial charge in [-0.05, 0) is 34.5 Å². The first kappa shape index (κ1) is 17.5. The maximum absolute atomic E-state index is 14.1. The van der Waals surface area contributed by atoms with Gasteiger partial charge in [0.05, 0.1) is 17.4 Å². The van der Waals surface area contributed by atoms with E-state index in [9.17, 15) is 9.18 Å². The largest absolute Gasteiger partial charge is 0.336 e. The van der Waals surface area contributed by atoms with E-state index >= 15 is 0 Å². The molecule has 0 fully saturated rings. The monoisotopic (exact) mass is 358 g/mol. The van der Waals surface area contributed by atoms with E-state index in [2.05, 4.69) is 31.1 Å². The number of aromatic nitrogens is 6. The van der Waals surface area contributed by atoms with Crippen LogP contribution in [0.1, 0.15) is 25.7 Å². The normalized spacial score (nSPS) is 12.2. The van der Waals surface area contributed by atoms with Gasteiger partial charge in [0.25, 0.3) is 0 Å². The van der Waals surface area contributed by atoms with E-state index < -0.39 is 11.8 Å². The predicted molar refractivity (Wildman–Crippen MR) is 92.1 cm³/mol. The van der Waals surface area contributed by atoms with Crippen LogP contribution in [0.2, 0.25) is 0 Å². The lowest BCUT2D eigenvalue weighted by Gasteiger charge is -2.22. The van der Waals surface area contributed by atoms with Gasteiger partial charge in [0.2, 0.25) is 0 Å². The number of hydrogen-bond donors (Lipinski definition) is 2.